The minimum atomic E-state index is -0.470. The predicted molar refractivity (Wildman–Crippen MR) is 83.0 cm³/mol. The van der Waals surface area contributed by atoms with Crippen molar-refractivity contribution in [3.63, 3.8) is 0 Å². The SMILES string of the molecule is COCCCN/C=C(/C#N)C(=O)Nc1cc(Cl)ccc1C. The van der Waals surface area contributed by atoms with Gasteiger partial charge >= 0.3 is 0 Å². The zero-order valence-corrected chi connectivity index (χ0v) is 12.8. The van der Waals surface area contributed by atoms with Gasteiger partial charge in [0.15, 0.2) is 0 Å². The summed E-state index contributed by atoms with van der Waals surface area (Å²) in [6.45, 7) is 3.10. The first-order valence-corrected chi connectivity index (χ1v) is 6.86. The molecule has 0 aliphatic rings. The number of hydrogen-bond acceptors (Lipinski definition) is 4. The Balaban J connectivity index is 2.65. The molecule has 1 aromatic carbocycles. The summed E-state index contributed by atoms with van der Waals surface area (Å²) in [5.41, 5.74) is 1.47. The molecule has 0 heterocycles. The van der Waals surface area contributed by atoms with Gasteiger partial charge in [0.05, 0.1) is 0 Å². The van der Waals surface area contributed by atoms with Crippen LogP contribution in [0.15, 0.2) is 30.0 Å². The van der Waals surface area contributed by atoms with E-state index in [9.17, 15) is 4.79 Å². The largest absolute Gasteiger partial charge is 0.390 e. The first-order chi connectivity index (χ1) is 10.1. The molecule has 0 saturated heterocycles. The number of rotatable bonds is 7. The summed E-state index contributed by atoms with van der Waals surface area (Å²) in [4.78, 5) is 12.0. The third-order valence-electron chi connectivity index (χ3n) is 2.73. The number of carbonyl (C=O) groups excluding carboxylic acids is 1. The van der Waals surface area contributed by atoms with Crippen molar-refractivity contribution in [2.45, 2.75) is 13.3 Å². The highest BCUT2D eigenvalue weighted by Gasteiger charge is 2.10. The molecule has 0 atom stereocenters. The summed E-state index contributed by atoms with van der Waals surface area (Å²) in [6, 6.07) is 7.06. The molecule has 0 aliphatic carbocycles. The Kier molecular flexibility index (Phi) is 7.30. The van der Waals surface area contributed by atoms with Crippen LogP contribution in [-0.4, -0.2) is 26.2 Å². The van der Waals surface area contributed by atoms with Gasteiger partial charge in [-0.05, 0) is 31.0 Å². The second-order valence-electron chi connectivity index (χ2n) is 4.38. The summed E-state index contributed by atoms with van der Waals surface area (Å²) in [5, 5.41) is 15.1. The van der Waals surface area contributed by atoms with Gasteiger partial charge in [-0.25, -0.2) is 0 Å². The number of methoxy groups -OCH3 is 1. The molecule has 0 aliphatic heterocycles. The second kappa shape index (κ2) is 9.01. The molecule has 112 valence electrons. The van der Waals surface area contributed by atoms with Crippen molar-refractivity contribution in [3.8, 4) is 6.07 Å². The average molecular weight is 308 g/mol. The number of carbonyl (C=O) groups is 1. The fourth-order valence-corrected chi connectivity index (χ4v) is 1.73. The highest BCUT2D eigenvalue weighted by atomic mass is 35.5. The Hall–Kier alpha value is -2.03. The Labute approximate surface area is 129 Å². The number of amides is 1. The number of ether oxygens (including phenoxy) is 1. The van der Waals surface area contributed by atoms with Gasteiger partial charge in [0.2, 0.25) is 0 Å². The van der Waals surface area contributed by atoms with Crippen molar-refractivity contribution in [2.75, 3.05) is 25.6 Å². The van der Waals surface area contributed by atoms with Gasteiger partial charge in [0.25, 0.3) is 5.91 Å². The first-order valence-electron chi connectivity index (χ1n) is 6.48. The molecule has 0 fully saturated rings. The normalized spacial score (nSPS) is 10.9. The van der Waals surface area contributed by atoms with Crippen LogP contribution in [0.2, 0.25) is 5.02 Å². The van der Waals surface area contributed by atoms with E-state index in [2.05, 4.69) is 10.6 Å². The fraction of sp³-hybridized carbons (Fsp3) is 0.333. The van der Waals surface area contributed by atoms with Crippen molar-refractivity contribution in [1.29, 1.82) is 5.26 Å². The Bertz CT molecular complexity index is 565. The second-order valence-corrected chi connectivity index (χ2v) is 4.82. The maximum Gasteiger partial charge on any atom is 0.267 e. The first kappa shape index (κ1) is 17.0. The molecule has 0 saturated carbocycles. The topological polar surface area (TPSA) is 74.1 Å². The van der Waals surface area contributed by atoms with Crippen molar-refractivity contribution in [1.82, 2.24) is 5.32 Å². The van der Waals surface area contributed by atoms with Gasteiger partial charge in [-0.1, -0.05) is 17.7 Å². The predicted octanol–water partition coefficient (Wildman–Crippen LogP) is 2.62. The van der Waals surface area contributed by atoms with Crippen molar-refractivity contribution in [2.24, 2.45) is 0 Å². The zero-order chi connectivity index (χ0) is 15.7. The van der Waals surface area contributed by atoms with Gasteiger partial charge in [0.1, 0.15) is 11.6 Å². The van der Waals surface area contributed by atoms with Crippen LogP contribution in [0.3, 0.4) is 0 Å². The lowest BCUT2D eigenvalue weighted by Crippen LogP contribution is -2.18. The molecule has 21 heavy (non-hydrogen) atoms. The summed E-state index contributed by atoms with van der Waals surface area (Å²) in [5.74, 6) is -0.470. The molecule has 1 amide bonds. The number of nitrogens with zero attached hydrogens (tertiary/aromatic N) is 1. The van der Waals surface area contributed by atoms with E-state index >= 15 is 0 Å². The molecule has 5 nitrogen and oxygen atoms in total. The number of aryl methyl sites for hydroxylation is 1. The van der Waals surface area contributed by atoms with Crippen LogP contribution in [0.4, 0.5) is 5.69 Å². The van der Waals surface area contributed by atoms with Crippen molar-refractivity contribution < 1.29 is 9.53 Å². The lowest BCUT2D eigenvalue weighted by Gasteiger charge is -2.08. The van der Waals surface area contributed by atoms with E-state index in [1.54, 1.807) is 25.3 Å². The van der Waals surface area contributed by atoms with E-state index in [1.807, 2.05) is 13.0 Å². The molecule has 2 N–H and O–H groups in total. The van der Waals surface area contributed by atoms with Gasteiger partial charge in [-0.2, -0.15) is 5.26 Å². The van der Waals surface area contributed by atoms with Crippen LogP contribution >= 0.6 is 11.6 Å². The molecule has 0 aromatic heterocycles. The van der Waals surface area contributed by atoms with Gasteiger partial charge in [0, 0.05) is 37.2 Å². The fourth-order valence-electron chi connectivity index (χ4n) is 1.56. The Morgan fingerprint density at radius 3 is 2.95 bits per heavy atom. The Morgan fingerprint density at radius 2 is 2.29 bits per heavy atom. The maximum atomic E-state index is 12.0. The number of nitriles is 1. The minimum Gasteiger partial charge on any atom is -0.390 e. The van der Waals surface area contributed by atoms with E-state index in [1.165, 1.54) is 6.20 Å². The third-order valence-corrected chi connectivity index (χ3v) is 2.96. The highest BCUT2D eigenvalue weighted by Crippen LogP contribution is 2.20. The average Bonchev–Trinajstić information content (AvgIpc) is 2.46. The van der Waals surface area contributed by atoms with Crippen LogP contribution in [0.25, 0.3) is 0 Å². The lowest BCUT2D eigenvalue weighted by molar-refractivity contribution is -0.112. The van der Waals surface area contributed by atoms with E-state index in [0.29, 0.717) is 23.9 Å². The van der Waals surface area contributed by atoms with Crippen LogP contribution in [0, 0.1) is 18.3 Å². The summed E-state index contributed by atoms with van der Waals surface area (Å²) < 4.78 is 4.91. The number of anilines is 1. The molecule has 0 radical (unpaired) electrons. The number of halogens is 1. The molecular formula is C15H18ClN3O2. The molecule has 0 bridgehead atoms. The van der Waals surface area contributed by atoms with E-state index in [-0.39, 0.29) is 5.57 Å². The van der Waals surface area contributed by atoms with Gasteiger partial charge in [-0.3, -0.25) is 4.79 Å². The standard InChI is InChI=1S/C15H18ClN3O2/c1-11-4-5-13(16)8-14(11)19-15(20)12(9-17)10-18-6-3-7-21-2/h4-5,8,10,18H,3,6-7H2,1-2H3,(H,19,20)/b12-10-. The zero-order valence-electron chi connectivity index (χ0n) is 12.1. The van der Waals surface area contributed by atoms with Crippen molar-refractivity contribution in [3.05, 3.63) is 40.6 Å². The smallest absolute Gasteiger partial charge is 0.267 e. The number of hydrogen-bond donors (Lipinski definition) is 2. The monoisotopic (exact) mass is 307 g/mol. The van der Waals surface area contributed by atoms with Crippen molar-refractivity contribution >= 4 is 23.2 Å². The van der Waals surface area contributed by atoms with Crippen LogP contribution in [-0.2, 0) is 9.53 Å². The molecule has 6 heteroatoms. The van der Waals surface area contributed by atoms with E-state index in [0.717, 1.165) is 12.0 Å². The third kappa shape index (κ3) is 5.86. The molecule has 0 spiro atoms. The van der Waals surface area contributed by atoms with Gasteiger partial charge in [-0.15, -0.1) is 0 Å². The lowest BCUT2D eigenvalue weighted by atomic mass is 10.2. The Morgan fingerprint density at radius 1 is 1.52 bits per heavy atom. The molecule has 0 unspecified atom stereocenters. The minimum absolute atomic E-state index is 0.00629. The van der Waals surface area contributed by atoms with E-state index < -0.39 is 5.91 Å². The highest BCUT2D eigenvalue weighted by molar-refractivity contribution is 6.31. The van der Waals surface area contributed by atoms with Crippen LogP contribution < -0.4 is 10.6 Å². The quantitative estimate of drug-likeness (QED) is 0.461. The summed E-state index contributed by atoms with van der Waals surface area (Å²) in [7, 11) is 1.62. The number of benzene rings is 1. The van der Waals surface area contributed by atoms with Crippen LogP contribution in [0.1, 0.15) is 12.0 Å². The van der Waals surface area contributed by atoms with E-state index in [4.69, 9.17) is 21.6 Å². The van der Waals surface area contributed by atoms with Gasteiger partial charge < -0.3 is 15.4 Å². The molecule has 1 rings (SSSR count). The molecule has 1 aromatic rings. The molecular weight excluding hydrogens is 290 g/mol. The summed E-state index contributed by atoms with van der Waals surface area (Å²) in [6.07, 6.45) is 2.20. The summed E-state index contributed by atoms with van der Waals surface area (Å²) >= 11 is 5.89. The van der Waals surface area contributed by atoms with Crippen LogP contribution in [0.5, 0.6) is 0 Å². The maximum absolute atomic E-state index is 12.0. The number of nitrogens with one attached hydrogen (secondary N) is 2.